The fourth-order valence-electron chi connectivity index (χ4n) is 3.86. The van der Waals surface area contributed by atoms with E-state index >= 15 is 0 Å². The van der Waals surface area contributed by atoms with Crippen molar-refractivity contribution in [1.82, 2.24) is 15.2 Å². The largest absolute Gasteiger partial charge is 0.481 e. The molecule has 2 amide bonds. The lowest BCUT2D eigenvalue weighted by Gasteiger charge is -2.21. The van der Waals surface area contributed by atoms with E-state index in [9.17, 15) is 19.5 Å². The fraction of sp³-hybridized carbons (Fsp3) is 0.391. The maximum absolute atomic E-state index is 12.4. The molecule has 1 fully saturated rings. The first-order valence-electron chi connectivity index (χ1n) is 10.7. The molecule has 1 aliphatic rings. The van der Waals surface area contributed by atoms with Crippen LogP contribution in [-0.4, -0.2) is 76.0 Å². The van der Waals surface area contributed by atoms with Crippen LogP contribution in [0, 0.1) is 0 Å². The van der Waals surface area contributed by atoms with Crippen LogP contribution in [0.5, 0.6) is 0 Å². The van der Waals surface area contributed by atoms with Gasteiger partial charge in [0.25, 0.3) is 0 Å². The zero-order valence-corrected chi connectivity index (χ0v) is 18.1. The van der Waals surface area contributed by atoms with E-state index in [1.165, 1.54) is 4.90 Å². The lowest BCUT2D eigenvalue weighted by molar-refractivity contribution is -0.138. The summed E-state index contributed by atoms with van der Waals surface area (Å²) < 4.78 is 5.68. The molecule has 1 aromatic carbocycles. The monoisotopic (exact) mass is 456 g/mol. The molecule has 33 heavy (non-hydrogen) atoms. The molecule has 1 aromatic heterocycles. The van der Waals surface area contributed by atoms with Crippen LogP contribution in [0.25, 0.3) is 0 Å². The SMILES string of the molecule is O=C(O)CC(Cc1ccccc1)NC(=O)COC1CC(CNc2ccccn2)N(C(=O)O)C1. The maximum atomic E-state index is 12.4. The van der Waals surface area contributed by atoms with Crippen molar-refractivity contribution < 1.29 is 29.3 Å². The Morgan fingerprint density at radius 2 is 1.88 bits per heavy atom. The Morgan fingerprint density at radius 3 is 2.55 bits per heavy atom. The molecule has 176 valence electrons. The Labute approximate surface area is 191 Å². The molecule has 0 radical (unpaired) electrons. The number of benzene rings is 1. The van der Waals surface area contributed by atoms with Crippen LogP contribution in [0.1, 0.15) is 18.4 Å². The van der Waals surface area contributed by atoms with E-state index in [1.807, 2.05) is 36.4 Å². The average molecular weight is 456 g/mol. The number of pyridine rings is 1. The van der Waals surface area contributed by atoms with Crippen molar-refractivity contribution in [3.63, 3.8) is 0 Å². The Kier molecular flexibility index (Phi) is 8.59. The molecule has 2 aromatic rings. The van der Waals surface area contributed by atoms with Gasteiger partial charge >= 0.3 is 12.1 Å². The molecule has 3 rings (SSSR count). The molecule has 0 saturated carbocycles. The van der Waals surface area contributed by atoms with Gasteiger partial charge in [0, 0.05) is 18.8 Å². The number of rotatable bonds is 11. The van der Waals surface area contributed by atoms with Crippen molar-refractivity contribution in [1.29, 1.82) is 0 Å². The molecule has 0 aliphatic carbocycles. The van der Waals surface area contributed by atoms with E-state index in [2.05, 4.69) is 15.6 Å². The molecule has 0 spiro atoms. The smallest absolute Gasteiger partial charge is 0.407 e. The van der Waals surface area contributed by atoms with Gasteiger partial charge < -0.3 is 30.5 Å². The highest BCUT2D eigenvalue weighted by Crippen LogP contribution is 2.21. The molecule has 10 heteroatoms. The summed E-state index contributed by atoms with van der Waals surface area (Å²) in [5, 5.41) is 24.5. The van der Waals surface area contributed by atoms with Gasteiger partial charge in [0.2, 0.25) is 5.91 Å². The van der Waals surface area contributed by atoms with E-state index in [1.54, 1.807) is 18.3 Å². The molecule has 2 heterocycles. The lowest BCUT2D eigenvalue weighted by Crippen LogP contribution is -2.41. The van der Waals surface area contributed by atoms with Crippen LogP contribution in [0.4, 0.5) is 10.6 Å². The van der Waals surface area contributed by atoms with E-state index in [4.69, 9.17) is 9.84 Å². The molecule has 3 unspecified atom stereocenters. The summed E-state index contributed by atoms with van der Waals surface area (Å²) in [5.41, 5.74) is 0.918. The maximum Gasteiger partial charge on any atom is 0.407 e. The average Bonchev–Trinajstić information content (AvgIpc) is 3.21. The molecular formula is C23H28N4O6. The summed E-state index contributed by atoms with van der Waals surface area (Å²) in [6.07, 6.45) is 0.764. The first kappa shape index (κ1) is 24.0. The third kappa shape index (κ3) is 7.76. The van der Waals surface area contributed by atoms with Crippen LogP contribution >= 0.6 is 0 Å². The van der Waals surface area contributed by atoms with E-state index in [0.29, 0.717) is 25.2 Å². The minimum absolute atomic E-state index is 0.153. The lowest BCUT2D eigenvalue weighted by atomic mass is 10.0. The Bertz CT molecular complexity index is 927. The van der Waals surface area contributed by atoms with Gasteiger partial charge in [-0.15, -0.1) is 0 Å². The highest BCUT2D eigenvalue weighted by atomic mass is 16.5. The van der Waals surface area contributed by atoms with E-state index in [0.717, 1.165) is 5.56 Å². The van der Waals surface area contributed by atoms with Gasteiger partial charge in [-0.2, -0.15) is 0 Å². The van der Waals surface area contributed by atoms with Crippen molar-refractivity contribution in [3.05, 3.63) is 60.3 Å². The van der Waals surface area contributed by atoms with Gasteiger partial charge in [-0.1, -0.05) is 36.4 Å². The second-order valence-electron chi connectivity index (χ2n) is 7.91. The number of carbonyl (C=O) groups is 3. The third-order valence-electron chi connectivity index (χ3n) is 5.37. The minimum Gasteiger partial charge on any atom is -0.481 e. The fourth-order valence-corrected chi connectivity index (χ4v) is 3.86. The first-order chi connectivity index (χ1) is 15.9. The minimum atomic E-state index is -1.05. The Hall–Kier alpha value is -3.66. The second kappa shape index (κ2) is 11.8. The van der Waals surface area contributed by atoms with Crippen molar-refractivity contribution in [2.24, 2.45) is 0 Å². The molecular weight excluding hydrogens is 428 g/mol. The van der Waals surface area contributed by atoms with Gasteiger partial charge in [-0.05, 0) is 30.5 Å². The number of likely N-dealkylation sites (tertiary alicyclic amines) is 1. The molecule has 4 N–H and O–H groups in total. The number of hydrogen-bond acceptors (Lipinski definition) is 6. The molecule has 3 atom stereocenters. The predicted molar refractivity (Wildman–Crippen MR) is 120 cm³/mol. The third-order valence-corrected chi connectivity index (χ3v) is 5.37. The number of amides is 2. The van der Waals surface area contributed by atoms with Crippen molar-refractivity contribution >= 4 is 23.8 Å². The summed E-state index contributed by atoms with van der Waals surface area (Å²) >= 11 is 0. The van der Waals surface area contributed by atoms with Gasteiger partial charge in [0.15, 0.2) is 0 Å². The topological polar surface area (TPSA) is 141 Å². The summed E-state index contributed by atoms with van der Waals surface area (Å²) in [7, 11) is 0. The Morgan fingerprint density at radius 1 is 1.12 bits per heavy atom. The van der Waals surface area contributed by atoms with Crippen LogP contribution in [-0.2, 0) is 20.7 Å². The van der Waals surface area contributed by atoms with Crippen LogP contribution < -0.4 is 10.6 Å². The van der Waals surface area contributed by atoms with Crippen molar-refractivity contribution in [2.45, 2.75) is 37.5 Å². The predicted octanol–water partition coefficient (Wildman–Crippen LogP) is 1.83. The van der Waals surface area contributed by atoms with Gasteiger partial charge in [0.1, 0.15) is 12.4 Å². The number of anilines is 1. The van der Waals surface area contributed by atoms with Gasteiger partial charge in [-0.25, -0.2) is 9.78 Å². The number of carboxylic acid groups (broad SMARTS) is 2. The summed E-state index contributed by atoms with van der Waals surface area (Å²) in [6, 6.07) is 13.8. The Balaban J connectivity index is 1.49. The van der Waals surface area contributed by atoms with E-state index in [-0.39, 0.29) is 25.6 Å². The van der Waals surface area contributed by atoms with Gasteiger partial charge in [0.05, 0.1) is 25.1 Å². The number of hydrogen-bond donors (Lipinski definition) is 4. The first-order valence-corrected chi connectivity index (χ1v) is 10.7. The highest BCUT2D eigenvalue weighted by molar-refractivity contribution is 5.78. The number of nitrogens with one attached hydrogen (secondary N) is 2. The molecule has 1 saturated heterocycles. The zero-order valence-electron chi connectivity index (χ0n) is 18.1. The zero-order chi connectivity index (χ0) is 23.6. The number of carbonyl (C=O) groups excluding carboxylic acids is 1. The summed E-state index contributed by atoms with van der Waals surface area (Å²) in [4.78, 5) is 40.7. The van der Waals surface area contributed by atoms with E-state index < -0.39 is 30.1 Å². The van der Waals surface area contributed by atoms with Crippen molar-refractivity contribution in [2.75, 3.05) is 25.0 Å². The molecule has 0 bridgehead atoms. The number of aromatic nitrogens is 1. The number of ether oxygens (including phenoxy) is 1. The molecule has 1 aliphatic heterocycles. The highest BCUT2D eigenvalue weighted by Gasteiger charge is 2.36. The molecule has 10 nitrogen and oxygen atoms in total. The summed E-state index contributed by atoms with van der Waals surface area (Å²) in [6.45, 7) is 0.246. The normalized spacial score (nSPS) is 18.5. The van der Waals surface area contributed by atoms with Gasteiger partial charge in [-0.3, -0.25) is 9.59 Å². The standard InChI is InChI=1S/C23H28N4O6/c28-21(26-17(11-22(29)30)10-16-6-2-1-3-7-16)15-33-19-12-18(27(14-19)23(31)32)13-25-20-8-4-5-9-24-20/h1-9,17-19H,10-15H2,(H,24,25)(H,26,28)(H,29,30)(H,31,32). The summed E-state index contributed by atoms with van der Waals surface area (Å²) in [5.74, 6) is -0.795. The van der Waals surface area contributed by atoms with Crippen LogP contribution in [0.2, 0.25) is 0 Å². The number of nitrogens with zero attached hydrogens (tertiary/aromatic N) is 2. The van der Waals surface area contributed by atoms with Crippen LogP contribution in [0.15, 0.2) is 54.7 Å². The second-order valence-corrected chi connectivity index (χ2v) is 7.91. The van der Waals surface area contributed by atoms with Crippen LogP contribution in [0.3, 0.4) is 0 Å². The number of carboxylic acids is 1. The van der Waals surface area contributed by atoms with Crippen molar-refractivity contribution in [3.8, 4) is 0 Å². The quantitative estimate of drug-likeness (QED) is 0.401. The number of aliphatic carboxylic acids is 1.